The van der Waals surface area contributed by atoms with Crippen LogP contribution in [-0.4, -0.2) is 38.6 Å². The van der Waals surface area contributed by atoms with Gasteiger partial charge in [0, 0.05) is 43.5 Å². The monoisotopic (exact) mass is 287 g/mol. The maximum atomic E-state index is 12.3. The van der Waals surface area contributed by atoms with Crippen molar-refractivity contribution >= 4 is 5.91 Å². The fourth-order valence-electron chi connectivity index (χ4n) is 2.37. The highest BCUT2D eigenvalue weighted by atomic mass is 16.5. The van der Waals surface area contributed by atoms with Gasteiger partial charge in [-0.1, -0.05) is 0 Å². The number of aromatic hydroxyl groups is 1. The first-order valence-electron chi connectivity index (χ1n) is 6.90. The van der Waals surface area contributed by atoms with Crippen molar-refractivity contribution in [2.45, 2.75) is 19.5 Å². The highest BCUT2D eigenvalue weighted by Crippen LogP contribution is 2.27. The Morgan fingerprint density at radius 1 is 1.43 bits per heavy atom. The molecule has 0 spiro atoms. The summed E-state index contributed by atoms with van der Waals surface area (Å²) in [7, 11) is 0. The lowest BCUT2D eigenvalue weighted by molar-refractivity contribution is -0.132. The number of hydrogen-bond donors (Lipinski definition) is 1. The number of rotatable bonds is 3. The topological polar surface area (TPSA) is 67.6 Å². The third-order valence-corrected chi connectivity index (χ3v) is 3.53. The molecule has 0 atom stereocenters. The summed E-state index contributed by atoms with van der Waals surface area (Å²) in [5, 5.41) is 9.48. The van der Waals surface area contributed by atoms with Gasteiger partial charge in [0.2, 0.25) is 5.91 Å². The highest BCUT2D eigenvalue weighted by Gasteiger charge is 2.19. The Bertz CT molecular complexity index is 625. The fourth-order valence-corrected chi connectivity index (χ4v) is 2.37. The van der Waals surface area contributed by atoms with Crippen molar-refractivity contribution in [3.8, 4) is 11.5 Å². The Kier molecular flexibility index (Phi) is 3.77. The molecule has 2 heterocycles. The molecule has 1 aromatic heterocycles. The quantitative estimate of drug-likeness (QED) is 0.926. The number of carbonyl (C=O) groups excluding carboxylic acids is 1. The fraction of sp³-hybridized carbons (Fsp3) is 0.333. The molecule has 6 nitrogen and oxygen atoms in total. The Morgan fingerprint density at radius 2 is 2.33 bits per heavy atom. The van der Waals surface area contributed by atoms with Gasteiger partial charge in [0.25, 0.3) is 0 Å². The summed E-state index contributed by atoms with van der Waals surface area (Å²) in [4.78, 5) is 18.1. The molecule has 0 saturated carbocycles. The van der Waals surface area contributed by atoms with E-state index in [0.717, 1.165) is 5.56 Å². The first-order chi connectivity index (χ1) is 10.2. The molecule has 0 unspecified atom stereocenters. The molecule has 0 bridgehead atoms. The molecule has 0 saturated heterocycles. The molecule has 110 valence electrons. The van der Waals surface area contributed by atoms with E-state index < -0.39 is 0 Å². The zero-order chi connectivity index (χ0) is 14.7. The molecular weight excluding hydrogens is 270 g/mol. The third-order valence-electron chi connectivity index (χ3n) is 3.53. The lowest BCUT2D eigenvalue weighted by atomic mass is 10.1. The molecule has 0 aliphatic carbocycles. The Balaban J connectivity index is 1.65. The number of nitrogens with zero attached hydrogens (tertiary/aromatic N) is 3. The van der Waals surface area contributed by atoms with E-state index in [9.17, 15) is 9.90 Å². The number of fused-ring (bicyclic) bond motifs is 1. The predicted octanol–water partition coefficient (Wildman–Crippen LogP) is 1.40. The molecule has 21 heavy (non-hydrogen) atoms. The molecule has 1 aliphatic heterocycles. The van der Waals surface area contributed by atoms with Crippen molar-refractivity contribution in [3.05, 3.63) is 42.5 Å². The zero-order valence-corrected chi connectivity index (χ0v) is 11.6. The number of phenolic OH excluding ortho intramolecular Hbond substituents is 1. The Labute approximate surface area is 122 Å². The van der Waals surface area contributed by atoms with Crippen LogP contribution in [0, 0.1) is 0 Å². The lowest BCUT2D eigenvalue weighted by Gasteiger charge is -2.20. The van der Waals surface area contributed by atoms with Gasteiger partial charge >= 0.3 is 0 Å². The number of carbonyl (C=O) groups is 1. The predicted molar refractivity (Wildman–Crippen MR) is 75.9 cm³/mol. The maximum absolute atomic E-state index is 12.3. The van der Waals surface area contributed by atoms with Crippen molar-refractivity contribution in [1.82, 2.24) is 14.5 Å². The van der Waals surface area contributed by atoms with Gasteiger partial charge in [-0.05, 0) is 12.1 Å². The van der Waals surface area contributed by atoms with E-state index in [1.165, 1.54) is 0 Å². The molecule has 1 aromatic carbocycles. The smallest absolute Gasteiger partial charge is 0.224 e. The number of imidazole rings is 1. The number of aromatic nitrogens is 2. The van der Waals surface area contributed by atoms with Gasteiger partial charge in [-0.15, -0.1) is 0 Å². The molecule has 1 aliphatic rings. The average Bonchev–Trinajstić information content (AvgIpc) is 2.90. The van der Waals surface area contributed by atoms with Crippen LogP contribution in [0.25, 0.3) is 0 Å². The molecule has 0 radical (unpaired) electrons. The first-order valence-corrected chi connectivity index (χ1v) is 6.90. The Morgan fingerprint density at radius 3 is 3.14 bits per heavy atom. The average molecular weight is 287 g/mol. The summed E-state index contributed by atoms with van der Waals surface area (Å²) in [5.41, 5.74) is 0.918. The van der Waals surface area contributed by atoms with Crippen molar-refractivity contribution in [2.24, 2.45) is 0 Å². The van der Waals surface area contributed by atoms with E-state index in [2.05, 4.69) is 4.98 Å². The van der Waals surface area contributed by atoms with Crippen LogP contribution < -0.4 is 4.74 Å². The zero-order valence-electron chi connectivity index (χ0n) is 11.6. The summed E-state index contributed by atoms with van der Waals surface area (Å²) in [6.07, 6.45) is 5.69. The van der Waals surface area contributed by atoms with Gasteiger partial charge in [0.15, 0.2) is 0 Å². The number of hydrogen-bond acceptors (Lipinski definition) is 4. The van der Waals surface area contributed by atoms with Crippen LogP contribution >= 0.6 is 0 Å². The minimum Gasteiger partial charge on any atom is -0.508 e. The van der Waals surface area contributed by atoms with Crippen LogP contribution in [0.2, 0.25) is 0 Å². The van der Waals surface area contributed by atoms with Crippen LogP contribution in [0.1, 0.15) is 12.0 Å². The second-order valence-corrected chi connectivity index (χ2v) is 5.01. The van der Waals surface area contributed by atoms with Crippen LogP contribution in [0.3, 0.4) is 0 Å². The number of aryl methyl sites for hydroxylation is 1. The summed E-state index contributed by atoms with van der Waals surface area (Å²) in [6, 6.07) is 5.00. The molecule has 3 rings (SSSR count). The third kappa shape index (κ3) is 3.16. The molecule has 2 aromatic rings. The van der Waals surface area contributed by atoms with Crippen molar-refractivity contribution < 1.29 is 14.6 Å². The number of amides is 1. The minimum atomic E-state index is 0.0909. The van der Waals surface area contributed by atoms with Gasteiger partial charge in [0.1, 0.15) is 18.1 Å². The normalized spacial score (nSPS) is 14.2. The molecular formula is C15H17N3O3. The second-order valence-electron chi connectivity index (χ2n) is 5.01. The van der Waals surface area contributed by atoms with Crippen LogP contribution in [0.5, 0.6) is 11.5 Å². The molecule has 1 N–H and O–H groups in total. The van der Waals surface area contributed by atoms with Crippen molar-refractivity contribution in [2.75, 3.05) is 13.2 Å². The molecule has 0 fully saturated rings. The van der Waals surface area contributed by atoms with Gasteiger partial charge in [-0.25, -0.2) is 4.98 Å². The van der Waals surface area contributed by atoms with E-state index >= 15 is 0 Å². The van der Waals surface area contributed by atoms with E-state index in [-0.39, 0.29) is 11.7 Å². The maximum Gasteiger partial charge on any atom is 0.224 e. The summed E-state index contributed by atoms with van der Waals surface area (Å²) in [5.74, 6) is 0.918. The Hall–Kier alpha value is -2.50. The summed E-state index contributed by atoms with van der Waals surface area (Å²) >= 11 is 0. The number of phenols is 1. The van der Waals surface area contributed by atoms with Crippen LogP contribution in [0.4, 0.5) is 0 Å². The molecule has 1 amide bonds. The van der Waals surface area contributed by atoms with Crippen molar-refractivity contribution in [1.29, 1.82) is 0 Å². The highest BCUT2D eigenvalue weighted by molar-refractivity contribution is 5.76. The van der Waals surface area contributed by atoms with E-state index in [0.29, 0.717) is 38.4 Å². The van der Waals surface area contributed by atoms with Gasteiger partial charge in [-0.3, -0.25) is 4.79 Å². The van der Waals surface area contributed by atoms with Crippen LogP contribution in [-0.2, 0) is 17.9 Å². The van der Waals surface area contributed by atoms with E-state index in [1.807, 2.05) is 10.8 Å². The van der Waals surface area contributed by atoms with Crippen LogP contribution in [0.15, 0.2) is 36.9 Å². The SMILES string of the molecule is O=C(CCn1ccnc1)N1CCOc2cc(O)ccc2C1. The lowest BCUT2D eigenvalue weighted by Crippen LogP contribution is -2.32. The minimum absolute atomic E-state index is 0.0909. The van der Waals surface area contributed by atoms with E-state index in [1.54, 1.807) is 35.6 Å². The standard InChI is InChI=1S/C15H17N3O3/c19-13-2-1-12-10-18(7-8-21-14(12)9-13)15(20)3-5-17-6-4-16-11-17/h1-2,4,6,9,11,19H,3,5,7-8,10H2. The summed E-state index contributed by atoms with van der Waals surface area (Å²) < 4.78 is 7.48. The molecule has 6 heteroatoms. The van der Waals surface area contributed by atoms with Gasteiger partial charge < -0.3 is 19.3 Å². The number of ether oxygens (including phenoxy) is 1. The van der Waals surface area contributed by atoms with E-state index in [4.69, 9.17) is 4.74 Å². The summed E-state index contributed by atoms with van der Waals surface area (Å²) in [6.45, 7) is 2.13. The second kappa shape index (κ2) is 5.87. The first kappa shape index (κ1) is 13.5. The number of benzene rings is 1. The van der Waals surface area contributed by atoms with Gasteiger partial charge in [-0.2, -0.15) is 0 Å². The largest absolute Gasteiger partial charge is 0.508 e. The van der Waals surface area contributed by atoms with Gasteiger partial charge in [0.05, 0.1) is 12.9 Å². The van der Waals surface area contributed by atoms with Crippen molar-refractivity contribution in [3.63, 3.8) is 0 Å².